The molecule has 0 aromatic carbocycles. The smallest absolute Gasteiger partial charge is 0.253 e. The third kappa shape index (κ3) is 15.1. The average Bonchev–Trinajstić information content (AvgIpc) is 3.10. The average molecular weight is 473 g/mol. The van der Waals surface area contributed by atoms with Crippen LogP contribution >= 0.6 is 0 Å². The molecule has 0 fully saturated rings. The molecule has 1 heterocycles. The first-order chi connectivity index (χ1) is 15.9. The predicted octanol–water partition coefficient (Wildman–Crippen LogP) is -1.66. The third-order valence-corrected chi connectivity index (χ3v) is 4.47. The van der Waals surface area contributed by atoms with Gasteiger partial charge in [0.05, 0.1) is 52.8 Å². The fraction of sp³-hybridized carbons (Fsp3) is 0.714. The number of carbonyl (C=O) groups excluding carboxylic acids is 4. The molecule has 0 spiro atoms. The summed E-state index contributed by atoms with van der Waals surface area (Å²) >= 11 is 0. The van der Waals surface area contributed by atoms with Crippen molar-refractivity contribution in [2.24, 2.45) is 5.73 Å². The molecule has 12 heteroatoms. The largest absolute Gasteiger partial charge is 0.379 e. The summed E-state index contributed by atoms with van der Waals surface area (Å²) in [5, 5.41) is 5.66. The van der Waals surface area contributed by atoms with Gasteiger partial charge in [-0.2, -0.15) is 0 Å². The van der Waals surface area contributed by atoms with Crippen LogP contribution < -0.4 is 16.4 Å². The zero-order valence-corrected chi connectivity index (χ0v) is 19.2. The van der Waals surface area contributed by atoms with Gasteiger partial charge in [0.2, 0.25) is 11.8 Å². The van der Waals surface area contributed by atoms with Crippen LogP contribution in [-0.2, 0) is 38.1 Å². The van der Waals surface area contributed by atoms with Crippen LogP contribution in [0.4, 0.5) is 0 Å². The summed E-state index contributed by atoms with van der Waals surface area (Å²) in [5.74, 6) is -1.42. The Morgan fingerprint density at radius 2 is 1.42 bits per heavy atom. The van der Waals surface area contributed by atoms with E-state index in [-0.39, 0.29) is 37.4 Å². The molecule has 0 aromatic heterocycles. The van der Waals surface area contributed by atoms with Gasteiger partial charge in [-0.3, -0.25) is 24.1 Å². The highest BCUT2D eigenvalue weighted by Gasteiger charge is 2.23. The molecule has 4 N–H and O–H groups in total. The van der Waals surface area contributed by atoms with Crippen molar-refractivity contribution in [1.29, 1.82) is 0 Å². The SMILES string of the molecule is CC(CCOCCOCCOCCOCCNC(=O)CCN1C(=O)C=CC1=O)NCC(N)=O. The monoisotopic (exact) mass is 472 g/mol. The second-order valence-electron chi connectivity index (χ2n) is 7.25. The van der Waals surface area contributed by atoms with Gasteiger partial charge in [-0.25, -0.2) is 0 Å². The maximum atomic E-state index is 11.7. The van der Waals surface area contributed by atoms with E-state index < -0.39 is 11.8 Å². The van der Waals surface area contributed by atoms with Gasteiger partial charge in [0.25, 0.3) is 11.8 Å². The van der Waals surface area contributed by atoms with E-state index in [2.05, 4.69) is 10.6 Å². The second kappa shape index (κ2) is 18.1. The molecule has 1 unspecified atom stereocenters. The molecule has 1 rings (SSSR count). The molecular weight excluding hydrogens is 436 g/mol. The van der Waals surface area contributed by atoms with Crippen molar-refractivity contribution < 1.29 is 38.1 Å². The normalized spacial score (nSPS) is 14.2. The van der Waals surface area contributed by atoms with Gasteiger partial charge in [0, 0.05) is 44.3 Å². The Hall–Kier alpha value is -2.38. The maximum absolute atomic E-state index is 11.7. The van der Waals surface area contributed by atoms with Crippen LogP contribution in [0.1, 0.15) is 19.8 Å². The van der Waals surface area contributed by atoms with E-state index in [1.165, 1.54) is 12.2 Å². The van der Waals surface area contributed by atoms with Crippen LogP contribution in [0.5, 0.6) is 0 Å². The van der Waals surface area contributed by atoms with Gasteiger partial charge in [-0.15, -0.1) is 0 Å². The van der Waals surface area contributed by atoms with E-state index in [0.717, 1.165) is 11.3 Å². The second-order valence-corrected chi connectivity index (χ2v) is 7.25. The molecule has 1 aliphatic heterocycles. The van der Waals surface area contributed by atoms with Crippen LogP contribution in [0.25, 0.3) is 0 Å². The van der Waals surface area contributed by atoms with Crippen LogP contribution in [0.15, 0.2) is 12.2 Å². The Kier molecular flexibility index (Phi) is 15.7. The van der Waals surface area contributed by atoms with Gasteiger partial charge in [-0.1, -0.05) is 0 Å². The summed E-state index contributed by atoms with van der Waals surface area (Å²) in [7, 11) is 0. The van der Waals surface area contributed by atoms with Crippen LogP contribution in [0.3, 0.4) is 0 Å². The third-order valence-electron chi connectivity index (χ3n) is 4.47. The number of nitrogens with two attached hydrogens (primary N) is 1. The Morgan fingerprint density at radius 1 is 0.909 bits per heavy atom. The minimum absolute atomic E-state index is 0.0561. The molecule has 12 nitrogen and oxygen atoms in total. The topological polar surface area (TPSA) is 159 Å². The van der Waals surface area contributed by atoms with Crippen molar-refractivity contribution in [3.05, 3.63) is 12.2 Å². The fourth-order valence-corrected chi connectivity index (χ4v) is 2.61. The number of imide groups is 1. The molecule has 0 aromatic rings. The highest BCUT2D eigenvalue weighted by atomic mass is 16.6. The summed E-state index contributed by atoms with van der Waals surface area (Å²) in [6.45, 7) is 6.08. The lowest BCUT2D eigenvalue weighted by Crippen LogP contribution is -2.35. The molecule has 0 aliphatic carbocycles. The van der Waals surface area contributed by atoms with Gasteiger partial charge >= 0.3 is 0 Å². The number of ether oxygens (including phenoxy) is 4. The molecule has 4 amide bonds. The van der Waals surface area contributed by atoms with Crippen molar-refractivity contribution in [3.8, 4) is 0 Å². The van der Waals surface area contributed by atoms with Crippen molar-refractivity contribution in [3.63, 3.8) is 0 Å². The lowest BCUT2D eigenvalue weighted by Gasteiger charge is -2.13. The van der Waals surface area contributed by atoms with Gasteiger partial charge < -0.3 is 35.3 Å². The highest BCUT2D eigenvalue weighted by Crippen LogP contribution is 2.03. The molecule has 188 valence electrons. The number of primary amides is 1. The number of hydrogen-bond acceptors (Lipinski definition) is 9. The van der Waals surface area contributed by atoms with Crippen LogP contribution in [0, 0.1) is 0 Å². The zero-order chi connectivity index (χ0) is 24.3. The van der Waals surface area contributed by atoms with Crippen LogP contribution in [-0.4, -0.2) is 107 Å². The van der Waals surface area contributed by atoms with E-state index in [0.29, 0.717) is 59.4 Å². The Bertz CT molecular complexity index is 626. The number of carbonyl (C=O) groups is 4. The number of hydrogen-bond donors (Lipinski definition) is 3. The van der Waals surface area contributed by atoms with E-state index in [1.54, 1.807) is 0 Å². The van der Waals surface area contributed by atoms with Crippen molar-refractivity contribution >= 4 is 23.6 Å². The van der Waals surface area contributed by atoms with Crippen molar-refractivity contribution in [2.45, 2.75) is 25.8 Å². The zero-order valence-electron chi connectivity index (χ0n) is 19.2. The van der Waals surface area contributed by atoms with Crippen molar-refractivity contribution in [1.82, 2.24) is 15.5 Å². The fourth-order valence-electron chi connectivity index (χ4n) is 2.61. The number of nitrogens with one attached hydrogen (secondary N) is 2. The van der Waals surface area contributed by atoms with Gasteiger partial charge in [-0.05, 0) is 13.3 Å². The standard InChI is InChI=1S/C21H36N4O8/c1-17(24-16-18(22)26)5-8-30-10-12-32-14-15-33-13-11-31-9-6-23-19(27)4-7-25-20(28)2-3-21(25)29/h2-3,17,24H,4-16H2,1H3,(H2,22,26)(H,23,27). The Labute approximate surface area is 194 Å². The van der Waals surface area contributed by atoms with Gasteiger partial charge in [0.1, 0.15) is 0 Å². The maximum Gasteiger partial charge on any atom is 0.253 e. The Morgan fingerprint density at radius 3 is 1.97 bits per heavy atom. The lowest BCUT2D eigenvalue weighted by molar-refractivity contribution is -0.137. The molecule has 1 aliphatic rings. The molecular formula is C21H36N4O8. The number of rotatable bonds is 21. The van der Waals surface area contributed by atoms with E-state index in [4.69, 9.17) is 24.7 Å². The molecule has 0 bridgehead atoms. The Balaban J connectivity index is 1.78. The summed E-state index contributed by atoms with van der Waals surface area (Å²) in [6.07, 6.45) is 3.21. The quantitative estimate of drug-likeness (QED) is 0.131. The molecule has 0 radical (unpaired) electrons. The first-order valence-corrected chi connectivity index (χ1v) is 11.0. The summed E-state index contributed by atoms with van der Waals surface area (Å²) in [4.78, 5) is 46.2. The first-order valence-electron chi connectivity index (χ1n) is 11.0. The highest BCUT2D eigenvalue weighted by molar-refractivity contribution is 6.13. The minimum atomic E-state index is -0.396. The summed E-state index contributed by atoms with van der Waals surface area (Å²) in [5.41, 5.74) is 5.06. The molecule has 0 saturated heterocycles. The molecule has 33 heavy (non-hydrogen) atoms. The van der Waals surface area contributed by atoms with E-state index in [9.17, 15) is 19.2 Å². The van der Waals surface area contributed by atoms with E-state index >= 15 is 0 Å². The van der Waals surface area contributed by atoms with E-state index in [1.807, 2.05) is 6.92 Å². The molecule has 1 atom stereocenters. The summed E-state index contributed by atoms with van der Waals surface area (Å²) < 4.78 is 21.6. The van der Waals surface area contributed by atoms with Crippen molar-refractivity contribution in [2.75, 3.05) is 72.5 Å². The lowest BCUT2D eigenvalue weighted by atomic mass is 10.2. The molecule has 0 saturated carbocycles. The van der Waals surface area contributed by atoms with Crippen LogP contribution in [0.2, 0.25) is 0 Å². The number of nitrogens with zero attached hydrogens (tertiary/aromatic N) is 1. The first kappa shape index (κ1) is 28.7. The number of amides is 4. The predicted molar refractivity (Wildman–Crippen MR) is 118 cm³/mol. The minimum Gasteiger partial charge on any atom is -0.379 e. The summed E-state index contributed by atoms with van der Waals surface area (Å²) in [6, 6.07) is 0.154. The van der Waals surface area contributed by atoms with Gasteiger partial charge in [0.15, 0.2) is 0 Å².